The van der Waals surface area contributed by atoms with Crippen LogP contribution in [0.15, 0.2) is 18.2 Å². The lowest BCUT2D eigenvalue weighted by molar-refractivity contribution is -0.123. The van der Waals surface area contributed by atoms with Gasteiger partial charge in [-0.25, -0.2) is 8.78 Å². The van der Waals surface area contributed by atoms with Gasteiger partial charge in [-0.1, -0.05) is 0 Å². The minimum atomic E-state index is -4.24. The molecule has 2 rings (SSSR count). The first-order chi connectivity index (χ1) is 9.72. The molecule has 114 valence electrons. The van der Waals surface area contributed by atoms with Crippen molar-refractivity contribution < 1.29 is 22.4 Å². The number of rotatable bonds is 4. The standard InChI is InChI=1S/C14H14F4N2O/c1-7-8(2)20-11-4-3-9(5-10(7)11)12(21)19-6-14(17,18)13(15)16/h3-5,13,20H,6H2,1-2H3,(H,19,21). The van der Waals surface area contributed by atoms with Gasteiger partial charge in [0.25, 0.3) is 5.91 Å². The zero-order valence-electron chi connectivity index (χ0n) is 11.4. The van der Waals surface area contributed by atoms with Crippen LogP contribution in [0.1, 0.15) is 21.6 Å². The molecular formula is C14H14F4N2O. The van der Waals surface area contributed by atoms with Crippen LogP contribution in [0.3, 0.4) is 0 Å². The molecule has 1 heterocycles. The van der Waals surface area contributed by atoms with E-state index in [1.54, 1.807) is 12.1 Å². The molecule has 1 amide bonds. The number of amides is 1. The van der Waals surface area contributed by atoms with Crippen LogP contribution in [0.5, 0.6) is 0 Å². The summed E-state index contributed by atoms with van der Waals surface area (Å²) < 4.78 is 49.6. The molecule has 0 aliphatic carbocycles. The Labute approximate surface area is 118 Å². The fraction of sp³-hybridized carbons (Fsp3) is 0.357. The van der Waals surface area contributed by atoms with Crippen molar-refractivity contribution in [1.29, 1.82) is 0 Å². The van der Waals surface area contributed by atoms with Crippen LogP contribution in [0.2, 0.25) is 0 Å². The highest BCUT2D eigenvalue weighted by atomic mass is 19.3. The first-order valence-corrected chi connectivity index (χ1v) is 6.25. The number of alkyl halides is 4. The maximum absolute atomic E-state index is 12.8. The van der Waals surface area contributed by atoms with Crippen LogP contribution in [-0.4, -0.2) is 29.8 Å². The molecule has 0 aliphatic heterocycles. The summed E-state index contributed by atoms with van der Waals surface area (Å²) in [6.07, 6.45) is -3.81. The van der Waals surface area contributed by atoms with Gasteiger partial charge in [-0.2, -0.15) is 8.78 Å². The lowest BCUT2D eigenvalue weighted by Crippen LogP contribution is -2.41. The van der Waals surface area contributed by atoms with Crippen molar-refractivity contribution in [2.75, 3.05) is 6.54 Å². The molecule has 21 heavy (non-hydrogen) atoms. The van der Waals surface area contributed by atoms with Gasteiger partial charge < -0.3 is 10.3 Å². The van der Waals surface area contributed by atoms with Crippen molar-refractivity contribution in [3.8, 4) is 0 Å². The van der Waals surface area contributed by atoms with E-state index in [1.165, 1.54) is 6.07 Å². The highest BCUT2D eigenvalue weighted by Crippen LogP contribution is 2.23. The van der Waals surface area contributed by atoms with Crippen LogP contribution >= 0.6 is 0 Å². The second-order valence-electron chi connectivity index (χ2n) is 4.88. The molecule has 0 saturated carbocycles. The number of hydrogen-bond donors (Lipinski definition) is 2. The Kier molecular flexibility index (Phi) is 3.93. The molecule has 0 radical (unpaired) electrons. The zero-order chi connectivity index (χ0) is 15.8. The van der Waals surface area contributed by atoms with E-state index in [0.29, 0.717) is 0 Å². The molecule has 0 fully saturated rings. The summed E-state index contributed by atoms with van der Waals surface area (Å²) in [5.41, 5.74) is 2.85. The Morgan fingerprint density at radius 1 is 1.33 bits per heavy atom. The molecule has 7 heteroatoms. The number of carbonyl (C=O) groups is 1. The Morgan fingerprint density at radius 3 is 2.62 bits per heavy atom. The Hall–Kier alpha value is -2.05. The molecule has 1 aromatic carbocycles. The SMILES string of the molecule is Cc1[nH]c2ccc(C(=O)NCC(F)(F)C(F)F)cc2c1C. The van der Waals surface area contributed by atoms with Crippen molar-refractivity contribution in [3.63, 3.8) is 0 Å². The van der Waals surface area contributed by atoms with Gasteiger partial charge in [-0.05, 0) is 37.6 Å². The molecule has 0 aliphatic rings. The maximum Gasteiger partial charge on any atom is 0.324 e. The summed E-state index contributed by atoms with van der Waals surface area (Å²) >= 11 is 0. The number of fused-ring (bicyclic) bond motifs is 1. The molecule has 0 atom stereocenters. The molecule has 2 N–H and O–H groups in total. The fourth-order valence-electron chi connectivity index (χ4n) is 1.98. The first-order valence-electron chi connectivity index (χ1n) is 6.25. The van der Waals surface area contributed by atoms with E-state index < -0.39 is 24.8 Å². The summed E-state index contributed by atoms with van der Waals surface area (Å²) in [6, 6.07) is 4.65. The highest BCUT2D eigenvalue weighted by molar-refractivity contribution is 5.99. The fourth-order valence-corrected chi connectivity index (χ4v) is 1.98. The lowest BCUT2D eigenvalue weighted by Gasteiger charge is -2.15. The molecule has 0 spiro atoms. The van der Waals surface area contributed by atoms with Crippen LogP contribution < -0.4 is 5.32 Å². The molecular weight excluding hydrogens is 288 g/mol. The third-order valence-corrected chi connectivity index (χ3v) is 3.37. The Bertz CT molecular complexity index is 679. The summed E-state index contributed by atoms with van der Waals surface area (Å²) in [7, 11) is 0. The average Bonchev–Trinajstić information content (AvgIpc) is 2.71. The average molecular weight is 302 g/mol. The Balaban J connectivity index is 2.18. The van der Waals surface area contributed by atoms with Gasteiger partial charge in [-0.15, -0.1) is 0 Å². The van der Waals surface area contributed by atoms with Gasteiger partial charge >= 0.3 is 12.3 Å². The van der Waals surface area contributed by atoms with Gasteiger partial charge in [0, 0.05) is 22.2 Å². The predicted molar refractivity (Wildman–Crippen MR) is 71.1 cm³/mol. The van der Waals surface area contributed by atoms with Crippen molar-refractivity contribution >= 4 is 16.8 Å². The maximum atomic E-state index is 12.8. The number of nitrogens with one attached hydrogen (secondary N) is 2. The minimum absolute atomic E-state index is 0.148. The summed E-state index contributed by atoms with van der Waals surface area (Å²) in [4.78, 5) is 14.9. The van der Waals surface area contributed by atoms with E-state index in [2.05, 4.69) is 4.98 Å². The quantitative estimate of drug-likeness (QED) is 0.835. The largest absolute Gasteiger partial charge is 0.358 e. The number of halogens is 4. The lowest BCUT2D eigenvalue weighted by atomic mass is 10.1. The number of carbonyl (C=O) groups excluding carboxylic acids is 1. The number of aromatic nitrogens is 1. The summed E-state index contributed by atoms with van der Waals surface area (Å²) in [6.45, 7) is 2.34. The smallest absolute Gasteiger partial charge is 0.324 e. The zero-order valence-corrected chi connectivity index (χ0v) is 11.4. The first kappa shape index (κ1) is 15.3. The van der Waals surface area contributed by atoms with Crippen LogP contribution in [0.25, 0.3) is 10.9 Å². The molecule has 2 aromatic rings. The van der Waals surface area contributed by atoms with E-state index >= 15 is 0 Å². The van der Waals surface area contributed by atoms with Crippen molar-refractivity contribution in [1.82, 2.24) is 10.3 Å². The van der Waals surface area contributed by atoms with Gasteiger partial charge in [-0.3, -0.25) is 4.79 Å². The number of hydrogen-bond acceptors (Lipinski definition) is 1. The van der Waals surface area contributed by atoms with Gasteiger partial charge in [0.05, 0.1) is 6.54 Å². The third-order valence-electron chi connectivity index (χ3n) is 3.37. The van der Waals surface area contributed by atoms with Crippen molar-refractivity contribution in [2.45, 2.75) is 26.2 Å². The van der Waals surface area contributed by atoms with Crippen molar-refractivity contribution in [3.05, 3.63) is 35.0 Å². The van der Waals surface area contributed by atoms with E-state index in [-0.39, 0.29) is 5.56 Å². The molecule has 1 aromatic heterocycles. The summed E-state index contributed by atoms with van der Waals surface area (Å²) in [5, 5.41) is 2.62. The number of aromatic amines is 1. The number of aryl methyl sites for hydroxylation is 2. The van der Waals surface area contributed by atoms with E-state index in [0.717, 1.165) is 22.2 Å². The van der Waals surface area contributed by atoms with Crippen LogP contribution in [0.4, 0.5) is 17.6 Å². The van der Waals surface area contributed by atoms with Crippen LogP contribution in [0, 0.1) is 13.8 Å². The normalized spacial score (nSPS) is 12.1. The third kappa shape index (κ3) is 3.01. The predicted octanol–water partition coefficient (Wildman–Crippen LogP) is 3.41. The second kappa shape index (κ2) is 5.38. The highest BCUT2D eigenvalue weighted by Gasteiger charge is 2.40. The molecule has 0 unspecified atom stereocenters. The topological polar surface area (TPSA) is 44.9 Å². The second-order valence-corrected chi connectivity index (χ2v) is 4.88. The van der Waals surface area contributed by atoms with Crippen molar-refractivity contribution in [2.24, 2.45) is 0 Å². The van der Waals surface area contributed by atoms with E-state index in [1.807, 2.05) is 19.2 Å². The summed E-state index contributed by atoms with van der Waals surface area (Å²) in [5.74, 6) is -5.05. The van der Waals surface area contributed by atoms with Gasteiger partial charge in [0.2, 0.25) is 0 Å². The molecule has 3 nitrogen and oxygen atoms in total. The Morgan fingerprint density at radius 2 is 2.00 bits per heavy atom. The monoisotopic (exact) mass is 302 g/mol. The molecule has 0 bridgehead atoms. The van der Waals surface area contributed by atoms with Gasteiger partial charge in [0.1, 0.15) is 0 Å². The van der Waals surface area contributed by atoms with E-state index in [4.69, 9.17) is 0 Å². The minimum Gasteiger partial charge on any atom is -0.358 e. The molecule has 0 saturated heterocycles. The van der Waals surface area contributed by atoms with Crippen LogP contribution in [-0.2, 0) is 0 Å². The van der Waals surface area contributed by atoms with E-state index in [9.17, 15) is 22.4 Å². The number of H-pyrrole nitrogens is 1. The van der Waals surface area contributed by atoms with Gasteiger partial charge in [0.15, 0.2) is 0 Å². The number of benzene rings is 1.